The van der Waals surface area contributed by atoms with Gasteiger partial charge in [0.1, 0.15) is 17.7 Å². The van der Waals surface area contributed by atoms with Crippen LogP contribution in [0.25, 0.3) is 17.1 Å². The van der Waals surface area contributed by atoms with Gasteiger partial charge in [-0.25, -0.2) is 19.6 Å². The minimum absolute atomic E-state index is 0.0160. The van der Waals surface area contributed by atoms with Crippen molar-refractivity contribution in [1.29, 1.82) is 0 Å². The molecule has 0 N–H and O–H groups in total. The van der Waals surface area contributed by atoms with Gasteiger partial charge in [-0.15, -0.1) is 0 Å². The zero-order valence-corrected chi connectivity index (χ0v) is 21.0. The fourth-order valence-electron chi connectivity index (χ4n) is 4.21. The highest BCUT2D eigenvalue weighted by atomic mass is 19.4. The number of hydrogen-bond donors (Lipinski definition) is 0. The highest BCUT2D eigenvalue weighted by molar-refractivity contribution is 5.66. The Morgan fingerprint density at radius 3 is 2.47 bits per heavy atom. The monoisotopic (exact) mass is 526 g/mol. The molecule has 1 aliphatic carbocycles. The Kier molecular flexibility index (Phi) is 6.64. The van der Waals surface area contributed by atoms with Crippen molar-refractivity contribution >= 4 is 0 Å². The molecule has 38 heavy (non-hydrogen) atoms. The number of alkyl halides is 3. The molecule has 0 atom stereocenters. The van der Waals surface area contributed by atoms with Crippen LogP contribution in [0.4, 0.5) is 13.2 Å². The minimum atomic E-state index is -4.60. The Morgan fingerprint density at radius 2 is 1.84 bits per heavy atom. The van der Waals surface area contributed by atoms with Gasteiger partial charge in [-0.05, 0) is 44.4 Å². The number of ether oxygens (including phenoxy) is 2. The number of hydrogen-bond acceptors (Lipinski definition) is 7. The zero-order chi connectivity index (χ0) is 27.0. The SMILES string of the molecule is CCOc1cc(C(F)(F)F)nn1-c1ccc(Cn2c(-c3c(OC)ncnc3C3CC3)ncc(C)c2=O)cc1. The maximum absolute atomic E-state index is 13.3. The van der Waals surface area contributed by atoms with Crippen LogP contribution in [0.1, 0.15) is 48.2 Å². The van der Waals surface area contributed by atoms with Crippen LogP contribution in [0.15, 0.2) is 47.7 Å². The summed E-state index contributed by atoms with van der Waals surface area (Å²) in [6.07, 6.45) is 0.330. The van der Waals surface area contributed by atoms with Crippen LogP contribution in [-0.4, -0.2) is 43.0 Å². The predicted octanol–water partition coefficient (Wildman–Crippen LogP) is 4.55. The third kappa shape index (κ3) is 4.85. The van der Waals surface area contributed by atoms with Gasteiger partial charge in [-0.2, -0.15) is 18.3 Å². The van der Waals surface area contributed by atoms with Gasteiger partial charge < -0.3 is 9.47 Å². The molecule has 1 aliphatic rings. The van der Waals surface area contributed by atoms with E-state index in [1.165, 1.54) is 19.6 Å². The second-order valence-corrected chi connectivity index (χ2v) is 8.95. The van der Waals surface area contributed by atoms with Gasteiger partial charge in [-0.1, -0.05) is 12.1 Å². The summed E-state index contributed by atoms with van der Waals surface area (Å²) in [6.45, 7) is 3.71. The second kappa shape index (κ2) is 9.92. The summed E-state index contributed by atoms with van der Waals surface area (Å²) < 4.78 is 53.2. The van der Waals surface area contributed by atoms with E-state index < -0.39 is 11.9 Å². The van der Waals surface area contributed by atoms with E-state index in [9.17, 15) is 18.0 Å². The largest absolute Gasteiger partial charge is 0.480 e. The molecule has 0 spiro atoms. The first-order chi connectivity index (χ1) is 18.2. The van der Waals surface area contributed by atoms with Gasteiger partial charge in [-0.3, -0.25) is 9.36 Å². The standard InChI is InChI=1S/C26H25F3N6O3/c1-4-38-20-11-19(26(27,28)29)33-35(20)18-9-5-16(6-10-18)13-34-23(30-12-15(2)25(34)36)21-22(17-7-8-17)31-14-32-24(21)37-3/h5-6,9-12,14,17H,4,7-8,13H2,1-3H3. The van der Waals surface area contributed by atoms with E-state index in [0.29, 0.717) is 28.5 Å². The number of halogens is 3. The van der Waals surface area contributed by atoms with Crippen molar-refractivity contribution in [2.45, 2.75) is 45.3 Å². The molecule has 198 valence electrons. The van der Waals surface area contributed by atoms with Gasteiger partial charge in [0.05, 0.1) is 31.6 Å². The molecule has 0 saturated heterocycles. The minimum Gasteiger partial charge on any atom is -0.480 e. The van der Waals surface area contributed by atoms with Crippen molar-refractivity contribution in [1.82, 2.24) is 29.3 Å². The molecule has 0 bridgehead atoms. The van der Waals surface area contributed by atoms with Crippen molar-refractivity contribution in [2.75, 3.05) is 13.7 Å². The Labute approximate surface area is 215 Å². The molecule has 0 radical (unpaired) electrons. The summed E-state index contributed by atoms with van der Waals surface area (Å²) in [7, 11) is 1.51. The first-order valence-electron chi connectivity index (χ1n) is 12.1. The average Bonchev–Trinajstić information content (AvgIpc) is 3.66. The van der Waals surface area contributed by atoms with E-state index in [1.807, 2.05) is 0 Å². The molecule has 1 saturated carbocycles. The molecule has 1 aromatic carbocycles. The summed E-state index contributed by atoms with van der Waals surface area (Å²) in [4.78, 5) is 26.6. The van der Waals surface area contributed by atoms with Crippen molar-refractivity contribution in [2.24, 2.45) is 0 Å². The highest BCUT2D eigenvalue weighted by Gasteiger charge is 2.36. The fourth-order valence-corrected chi connectivity index (χ4v) is 4.21. The third-order valence-corrected chi connectivity index (χ3v) is 6.22. The van der Waals surface area contributed by atoms with Crippen molar-refractivity contribution in [3.63, 3.8) is 0 Å². The Hall–Kier alpha value is -4.22. The molecule has 4 aromatic rings. The quantitative estimate of drug-likeness (QED) is 0.332. The highest BCUT2D eigenvalue weighted by Crippen LogP contribution is 2.45. The molecule has 0 unspecified atom stereocenters. The number of aryl methyl sites for hydroxylation is 1. The van der Waals surface area contributed by atoms with Crippen LogP contribution in [0, 0.1) is 6.92 Å². The molecule has 0 aliphatic heterocycles. The van der Waals surface area contributed by atoms with E-state index in [0.717, 1.165) is 34.8 Å². The number of rotatable bonds is 8. The summed E-state index contributed by atoms with van der Waals surface area (Å²) in [5.41, 5.74) is 1.69. The van der Waals surface area contributed by atoms with Crippen LogP contribution < -0.4 is 15.0 Å². The van der Waals surface area contributed by atoms with Gasteiger partial charge in [0.15, 0.2) is 5.69 Å². The zero-order valence-electron chi connectivity index (χ0n) is 21.0. The number of benzene rings is 1. The lowest BCUT2D eigenvalue weighted by Crippen LogP contribution is -2.26. The lowest BCUT2D eigenvalue weighted by molar-refractivity contribution is -0.141. The van der Waals surface area contributed by atoms with Crippen molar-refractivity contribution < 1.29 is 22.6 Å². The number of nitrogens with zero attached hydrogens (tertiary/aromatic N) is 6. The summed E-state index contributed by atoms with van der Waals surface area (Å²) in [5, 5.41) is 3.69. The van der Waals surface area contributed by atoms with Crippen LogP contribution in [0.5, 0.6) is 11.8 Å². The molecule has 0 amide bonds. The van der Waals surface area contributed by atoms with E-state index in [2.05, 4.69) is 20.1 Å². The maximum Gasteiger partial charge on any atom is 0.435 e. The molecule has 1 fully saturated rings. The Morgan fingerprint density at radius 1 is 1.11 bits per heavy atom. The molecule has 3 heterocycles. The fraction of sp³-hybridized carbons (Fsp3) is 0.346. The summed E-state index contributed by atoms with van der Waals surface area (Å²) in [6, 6.07) is 7.56. The first-order valence-corrected chi connectivity index (χ1v) is 12.1. The van der Waals surface area contributed by atoms with Crippen molar-refractivity contribution in [3.05, 3.63) is 75.7 Å². The lowest BCUT2D eigenvalue weighted by Gasteiger charge is -2.17. The van der Waals surface area contributed by atoms with Gasteiger partial charge >= 0.3 is 6.18 Å². The topological polar surface area (TPSA) is 97.0 Å². The predicted molar refractivity (Wildman–Crippen MR) is 132 cm³/mol. The molecule has 3 aromatic heterocycles. The Balaban J connectivity index is 1.53. The van der Waals surface area contributed by atoms with Gasteiger partial charge in [0, 0.05) is 23.7 Å². The summed E-state index contributed by atoms with van der Waals surface area (Å²) >= 11 is 0. The molecule has 12 heteroatoms. The first kappa shape index (κ1) is 25.4. The third-order valence-electron chi connectivity index (χ3n) is 6.22. The van der Waals surface area contributed by atoms with Crippen LogP contribution in [0.3, 0.4) is 0 Å². The lowest BCUT2D eigenvalue weighted by atomic mass is 10.1. The number of methoxy groups -OCH3 is 1. The van der Waals surface area contributed by atoms with E-state index >= 15 is 0 Å². The van der Waals surface area contributed by atoms with E-state index in [1.54, 1.807) is 42.7 Å². The van der Waals surface area contributed by atoms with E-state index in [4.69, 9.17) is 9.47 Å². The van der Waals surface area contributed by atoms with Gasteiger partial charge in [0.2, 0.25) is 11.8 Å². The molecular formula is C26H25F3N6O3. The van der Waals surface area contributed by atoms with Crippen LogP contribution in [0.2, 0.25) is 0 Å². The molecular weight excluding hydrogens is 501 g/mol. The van der Waals surface area contributed by atoms with E-state index in [-0.39, 0.29) is 30.5 Å². The average molecular weight is 527 g/mol. The number of aromatic nitrogens is 6. The Bertz CT molecular complexity index is 1520. The second-order valence-electron chi connectivity index (χ2n) is 8.95. The smallest absolute Gasteiger partial charge is 0.435 e. The molecule has 5 rings (SSSR count). The summed E-state index contributed by atoms with van der Waals surface area (Å²) in [5.74, 6) is 0.967. The van der Waals surface area contributed by atoms with Crippen LogP contribution >= 0.6 is 0 Å². The van der Waals surface area contributed by atoms with Crippen molar-refractivity contribution in [3.8, 4) is 28.8 Å². The normalized spacial score (nSPS) is 13.5. The maximum atomic E-state index is 13.3. The molecule has 9 nitrogen and oxygen atoms in total. The van der Waals surface area contributed by atoms with Crippen LogP contribution in [-0.2, 0) is 12.7 Å². The van der Waals surface area contributed by atoms with Gasteiger partial charge in [0.25, 0.3) is 5.56 Å².